The molecule has 216 valence electrons. The molecule has 0 unspecified atom stereocenters. The van der Waals surface area contributed by atoms with Gasteiger partial charge in [-0.2, -0.15) is 18.3 Å². The van der Waals surface area contributed by atoms with E-state index in [0.717, 1.165) is 5.56 Å². The fraction of sp³-hybridized carbons (Fsp3) is 0.269. The largest absolute Gasteiger partial charge is 0.490 e. The van der Waals surface area contributed by atoms with Gasteiger partial charge < -0.3 is 20.9 Å². The SMILES string of the molecule is Cc1cc(OCc2c(F)cccc2F)n2nc(C)c(-c3nc(N)c4c(n3)NC(=O)C4(C)C)c2c1.O=C(O)C(F)(F)F. The molecule has 0 saturated carbocycles. The van der Waals surface area contributed by atoms with Crippen molar-refractivity contribution in [2.45, 2.75) is 45.9 Å². The highest BCUT2D eigenvalue weighted by Gasteiger charge is 2.42. The highest BCUT2D eigenvalue weighted by Crippen LogP contribution is 2.41. The van der Waals surface area contributed by atoms with E-state index in [0.29, 0.717) is 39.9 Å². The fourth-order valence-electron chi connectivity index (χ4n) is 4.23. The van der Waals surface area contributed by atoms with E-state index in [1.165, 1.54) is 22.7 Å². The Morgan fingerprint density at radius 1 is 1.15 bits per heavy atom. The van der Waals surface area contributed by atoms with Crippen LogP contribution in [-0.4, -0.2) is 42.7 Å². The molecule has 0 radical (unpaired) electrons. The quantitative estimate of drug-likeness (QED) is 0.295. The lowest BCUT2D eigenvalue weighted by Crippen LogP contribution is -2.27. The van der Waals surface area contributed by atoms with E-state index in [1.54, 1.807) is 26.8 Å². The molecular formula is C26H23F5N6O4. The molecule has 4 N–H and O–H groups in total. The second-order valence-electron chi connectivity index (χ2n) is 9.66. The summed E-state index contributed by atoms with van der Waals surface area (Å²) >= 11 is 0. The minimum atomic E-state index is -5.08. The van der Waals surface area contributed by atoms with E-state index >= 15 is 0 Å². The van der Waals surface area contributed by atoms with Crippen LogP contribution in [0.3, 0.4) is 0 Å². The van der Waals surface area contributed by atoms with E-state index < -0.39 is 29.2 Å². The Balaban J connectivity index is 0.000000493. The number of nitrogens with two attached hydrogens (primary N) is 1. The molecular weight excluding hydrogens is 555 g/mol. The zero-order valence-corrected chi connectivity index (χ0v) is 22.0. The van der Waals surface area contributed by atoms with Crippen molar-refractivity contribution >= 4 is 29.0 Å². The van der Waals surface area contributed by atoms with Gasteiger partial charge in [-0.05, 0) is 51.5 Å². The number of aromatic nitrogens is 4. The zero-order chi connectivity index (χ0) is 30.4. The van der Waals surface area contributed by atoms with Crippen molar-refractivity contribution in [1.82, 2.24) is 19.6 Å². The van der Waals surface area contributed by atoms with Gasteiger partial charge in [0.1, 0.15) is 29.9 Å². The molecule has 4 heterocycles. The highest BCUT2D eigenvalue weighted by atomic mass is 19.4. The number of carboxylic acid groups (broad SMARTS) is 1. The highest BCUT2D eigenvalue weighted by molar-refractivity contribution is 6.06. The number of carbonyl (C=O) groups excluding carboxylic acids is 1. The van der Waals surface area contributed by atoms with Gasteiger partial charge in [0.25, 0.3) is 0 Å². The van der Waals surface area contributed by atoms with Gasteiger partial charge in [-0.3, -0.25) is 4.79 Å². The Kier molecular flexibility index (Phi) is 7.33. The van der Waals surface area contributed by atoms with Crippen LogP contribution in [0.4, 0.5) is 33.6 Å². The maximum Gasteiger partial charge on any atom is 0.490 e. The maximum absolute atomic E-state index is 14.1. The number of carbonyl (C=O) groups is 2. The predicted octanol–water partition coefficient (Wildman–Crippen LogP) is 4.71. The summed E-state index contributed by atoms with van der Waals surface area (Å²) in [6, 6.07) is 7.26. The number of fused-ring (bicyclic) bond motifs is 2. The number of anilines is 2. The third-order valence-corrected chi connectivity index (χ3v) is 6.27. The molecule has 3 aromatic heterocycles. The second-order valence-corrected chi connectivity index (χ2v) is 9.66. The molecule has 1 aliphatic heterocycles. The molecule has 0 aliphatic carbocycles. The van der Waals surface area contributed by atoms with Crippen LogP contribution in [-0.2, 0) is 21.6 Å². The Bertz CT molecular complexity index is 1680. The fourth-order valence-corrected chi connectivity index (χ4v) is 4.23. The molecule has 4 aromatic rings. The Hall–Kier alpha value is -4.82. The number of rotatable bonds is 4. The molecule has 10 nitrogen and oxygen atoms in total. The first-order valence-corrected chi connectivity index (χ1v) is 11.9. The summed E-state index contributed by atoms with van der Waals surface area (Å²) in [5, 5.41) is 14.5. The molecule has 1 aromatic carbocycles. The number of aryl methyl sites for hydroxylation is 2. The van der Waals surface area contributed by atoms with Gasteiger partial charge in [-0.1, -0.05) is 6.07 Å². The number of ether oxygens (including phenoxy) is 1. The van der Waals surface area contributed by atoms with Crippen molar-refractivity contribution in [3.63, 3.8) is 0 Å². The number of amides is 1. The number of alkyl halides is 3. The topological polar surface area (TPSA) is 145 Å². The maximum atomic E-state index is 14.1. The predicted molar refractivity (Wildman–Crippen MR) is 136 cm³/mol. The van der Waals surface area contributed by atoms with Crippen LogP contribution in [0.5, 0.6) is 5.88 Å². The number of hydrogen-bond donors (Lipinski definition) is 3. The number of nitrogens with zero attached hydrogens (tertiary/aromatic N) is 4. The Labute approximate surface area is 229 Å². The molecule has 0 bridgehead atoms. The minimum Gasteiger partial charge on any atom is -0.475 e. The van der Waals surface area contributed by atoms with Crippen molar-refractivity contribution in [3.8, 4) is 17.3 Å². The number of nitrogens with one attached hydrogen (secondary N) is 1. The lowest BCUT2D eigenvalue weighted by molar-refractivity contribution is -0.192. The number of nitrogen functional groups attached to an aromatic ring is 1. The zero-order valence-electron chi connectivity index (χ0n) is 22.0. The third-order valence-electron chi connectivity index (χ3n) is 6.27. The van der Waals surface area contributed by atoms with Gasteiger partial charge in [0, 0.05) is 6.07 Å². The van der Waals surface area contributed by atoms with E-state index in [1.807, 2.05) is 13.0 Å². The second kappa shape index (κ2) is 10.3. The normalized spacial score (nSPS) is 13.8. The first kappa shape index (κ1) is 29.2. The van der Waals surface area contributed by atoms with Crippen molar-refractivity contribution < 1.29 is 41.4 Å². The summed E-state index contributed by atoms with van der Waals surface area (Å²) in [6.07, 6.45) is -5.08. The number of pyridine rings is 1. The molecule has 0 fully saturated rings. The van der Waals surface area contributed by atoms with Gasteiger partial charge in [0.15, 0.2) is 5.82 Å². The first-order chi connectivity index (χ1) is 19.0. The lowest BCUT2D eigenvalue weighted by Gasteiger charge is -2.16. The van der Waals surface area contributed by atoms with E-state index in [-0.39, 0.29) is 23.9 Å². The van der Waals surface area contributed by atoms with Gasteiger partial charge in [-0.15, -0.1) is 0 Å². The number of benzene rings is 1. The van der Waals surface area contributed by atoms with Crippen LogP contribution < -0.4 is 15.8 Å². The van der Waals surface area contributed by atoms with Crippen molar-refractivity contribution in [3.05, 3.63) is 64.4 Å². The number of halogens is 5. The number of aliphatic carboxylic acids is 1. The summed E-state index contributed by atoms with van der Waals surface area (Å²) in [6.45, 7) is 6.87. The van der Waals surface area contributed by atoms with Crippen LogP contribution in [0.1, 0.15) is 36.2 Å². The first-order valence-electron chi connectivity index (χ1n) is 11.9. The average Bonchev–Trinajstić information content (AvgIpc) is 3.30. The molecule has 15 heteroatoms. The minimum absolute atomic E-state index is 0.172. The number of hydrogen-bond acceptors (Lipinski definition) is 7. The van der Waals surface area contributed by atoms with Gasteiger partial charge >= 0.3 is 12.1 Å². The van der Waals surface area contributed by atoms with E-state index in [9.17, 15) is 26.7 Å². The average molecular weight is 578 g/mol. The summed E-state index contributed by atoms with van der Waals surface area (Å²) in [4.78, 5) is 30.3. The molecule has 0 saturated heterocycles. The standard InChI is InChI=1S/C24H22F2N6O2.C2HF3O2/c1-11-8-16-18(21-28-20(27)19-22(29-21)30-23(33)24(19,3)4)12(2)31-32(16)17(9-11)34-10-13-14(25)6-5-7-15(13)26;3-2(4,5)1(6)7/h5-9H,10H2,1-4H3,(H3,27,28,29,30,33);(H,6,7). The van der Waals surface area contributed by atoms with Crippen molar-refractivity contribution in [2.75, 3.05) is 11.1 Å². The molecule has 1 amide bonds. The van der Waals surface area contributed by atoms with Gasteiger partial charge in [-0.25, -0.2) is 28.1 Å². The van der Waals surface area contributed by atoms with E-state index in [2.05, 4.69) is 20.4 Å². The lowest BCUT2D eigenvalue weighted by atomic mass is 9.87. The van der Waals surface area contributed by atoms with Crippen LogP contribution in [0.2, 0.25) is 0 Å². The molecule has 0 atom stereocenters. The van der Waals surface area contributed by atoms with Crippen LogP contribution in [0.15, 0.2) is 30.3 Å². The molecule has 1 aliphatic rings. The smallest absolute Gasteiger partial charge is 0.475 e. The van der Waals surface area contributed by atoms with Crippen molar-refractivity contribution in [1.29, 1.82) is 0 Å². The third kappa shape index (κ3) is 5.47. The Morgan fingerprint density at radius 2 is 1.76 bits per heavy atom. The summed E-state index contributed by atoms with van der Waals surface area (Å²) in [5.41, 5.74) is 8.46. The summed E-state index contributed by atoms with van der Waals surface area (Å²) in [5.74, 6) is -3.15. The van der Waals surface area contributed by atoms with Crippen LogP contribution in [0, 0.1) is 25.5 Å². The van der Waals surface area contributed by atoms with Gasteiger partial charge in [0.2, 0.25) is 11.8 Å². The molecule has 41 heavy (non-hydrogen) atoms. The monoisotopic (exact) mass is 578 g/mol. The van der Waals surface area contributed by atoms with Gasteiger partial charge in [0.05, 0.1) is 33.3 Å². The Morgan fingerprint density at radius 3 is 2.34 bits per heavy atom. The summed E-state index contributed by atoms with van der Waals surface area (Å²) < 4.78 is 67.2. The van der Waals surface area contributed by atoms with Crippen LogP contribution >= 0.6 is 0 Å². The molecule has 5 rings (SSSR count). The van der Waals surface area contributed by atoms with Crippen molar-refractivity contribution in [2.24, 2.45) is 0 Å². The summed E-state index contributed by atoms with van der Waals surface area (Å²) in [7, 11) is 0. The number of carboxylic acids is 1. The van der Waals surface area contributed by atoms with Crippen LogP contribution in [0.25, 0.3) is 16.9 Å². The molecule has 0 spiro atoms. The van der Waals surface area contributed by atoms with E-state index in [4.69, 9.17) is 20.4 Å².